The summed E-state index contributed by atoms with van der Waals surface area (Å²) in [6.07, 6.45) is 3.53. The molecule has 2 fully saturated rings. The van der Waals surface area contributed by atoms with Crippen LogP contribution in [0.5, 0.6) is 0 Å². The molecule has 154 valence electrons. The molecule has 0 saturated carbocycles. The number of benzene rings is 1. The van der Waals surface area contributed by atoms with Crippen molar-refractivity contribution in [2.45, 2.75) is 18.8 Å². The number of rotatable bonds is 4. The number of likely N-dealkylation sites (N-methyl/N-ethyl adjacent to an activating group) is 1. The molecule has 0 spiro atoms. The number of carbonyl (C=O) groups excluding carboxylic acids is 1. The van der Waals surface area contributed by atoms with Crippen LogP contribution in [0.15, 0.2) is 30.5 Å². The molecule has 0 unspecified atom stereocenters. The molecule has 2 aliphatic rings. The summed E-state index contributed by atoms with van der Waals surface area (Å²) in [4.78, 5) is 28.0. The first-order valence-electron chi connectivity index (χ1n) is 10.1. The van der Waals surface area contributed by atoms with E-state index in [4.69, 9.17) is 0 Å². The van der Waals surface area contributed by atoms with Crippen molar-refractivity contribution in [2.75, 3.05) is 46.3 Å². The van der Waals surface area contributed by atoms with Crippen LogP contribution in [0.2, 0.25) is 0 Å². The van der Waals surface area contributed by atoms with Gasteiger partial charge in [0.1, 0.15) is 0 Å². The molecule has 1 aromatic heterocycles. The van der Waals surface area contributed by atoms with E-state index in [0.29, 0.717) is 18.7 Å². The van der Waals surface area contributed by atoms with Crippen LogP contribution >= 0.6 is 0 Å². The zero-order chi connectivity index (χ0) is 20.4. The third kappa shape index (κ3) is 4.01. The van der Waals surface area contributed by atoms with Gasteiger partial charge in [0.25, 0.3) is 11.6 Å². The van der Waals surface area contributed by atoms with Crippen LogP contribution in [0.4, 0.5) is 5.69 Å². The lowest BCUT2D eigenvalue weighted by Crippen LogP contribution is -2.47. The van der Waals surface area contributed by atoms with Gasteiger partial charge in [0.2, 0.25) is 0 Å². The van der Waals surface area contributed by atoms with E-state index in [1.54, 1.807) is 23.0 Å². The third-order valence-corrected chi connectivity index (χ3v) is 5.86. The third-order valence-electron chi connectivity index (χ3n) is 5.86. The number of non-ortho nitro benzene ring substituents is 1. The molecule has 0 radical (unpaired) electrons. The molecule has 1 N–H and O–H groups in total. The van der Waals surface area contributed by atoms with Gasteiger partial charge in [-0.2, -0.15) is 5.10 Å². The van der Waals surface area contributed by atoms with Crippen molar-refractivity contribution < 1.29 is 9.72 Å². The summed E-state index contributed by atoms with van der Waals surface area (Å²) < 4.78 is 1.79. The second-order valence-corrected chi connectivity index (χ2v) is 7.75. The van der Waals surface area contributed by atoms with Gasteiger partial charge in [-0.3, -0.25) is 14.9 Å². The van der Waals surface area contributed by atoms with Gasteiger partial charge in [-0.1, -0.05) is 0 Å². The maximum atomic E-state index is 13.3. The van der Waals surface area contributed by atoms with Crippen LogP contribution in [-0.4, -0.2) is 76.7 Å². The summed E-state index contributed by atoms with van der Waals surface area (Å²) in [6.45, 7) is 4.96. The number of piperidine rings is 1. The van der Waals surface area contributed by atoms with Crippen molar-refractivity contribution in [3.63, 3.8) is 0 Å². The summed E-state index contributed by atoms with van der Waals surface area (Å²) in [5.74, 6) is 0.250. The highest BCUT2D eigenvalue weighted by Crippen LogP contribution is 2.31. The van der Waals surface area contributed by atoms with Gasteiger partial charge in [0.15, 0.2) is 0 Å². The topological polar surface area (TPSA) is 96.5 Å². The smallest absolute Gasteiger partial charge is 0.269 e. The molecule has 1 aromatic carbocycles. The summed E-state index contributed by atoms with van der Waals surface area (Å²) >= 11 is 0. The minimum atomic E-state index is -0.414. The fourth-order valence-corrected chi connectivity index (χ4v) is 4.11. The molecule has 0 atom stereocenters. The maximum absolute atomic E-state index is 13.3. The fraction of sp³-hybridized carbons (Fsp3) is 0.500. The summed E-state index contributed by atoms with van der Waals surface area (Å²) in [5.41, 5.74) is 2.35. The molecular weight excluding hydrogens is 372 g/mol. The van der Waals surface area contributed by atoms with Crippen molar-refractivity contribution >= 4 is 11.6 Å². The van der Waals surface area contributed by atoms with E-state index in [0.717, 1.165) is 50.4 Å². The Morgan fingerprint density at radius 3 is 2.41 bits per heavy atom. The molecule has 4 rings (SSSR count). The van der Waals surface area contributed by atoms with E-state index >= 15 is 0 Å². The van der Waals surface area contributed by atoms with Gasteiger partial charge in [-0.25, -0.2) is 4.68 Å². The van der Waals surface area contributed by atoms with Crippen molar-refractivity contribution in [1.82, 2.24) is 24.9 Å². The Bertz CT molecular complexity index is 880. The van der Waals surface area contributed by atoms with Crippen molar-refractivity contribution in [3.05, 3.63) is 51.8 Å². The van der Waals surface area contributed by atoms with Gasteiger partial charge in [0.05, 0.1) is 28.1 Å². The Labute approximate surface area is 169 Å². The number of aromatic nitrogens is 2. The molecule has 0 aliphatic carbocycles. The first kappa shape index (κ1) is 19.5. The number of nitro groups is 1. The lowest BCUT2D eigenvalue weighted by molar-refractivity contribution is -0.384. The van der Waals surface area contributed by atoms with Gasteiger partial charge < -0.3 is 15.1 Å². The highest BCUT2D eigenvalue weighted by atomic mass is 16.6. The van der Waals surface area contributed by atoms with Crippen LogP contribution in [0.25, 0.3) is 5.69 Å². The number of piperazine rings is 1. The molecule has 2 saturated heterocycles. The number of nitrogens with one attached hydrogen (secondary N) is 1. The number of hydrogen-bond acceptors (Lipinski definition) is 6. The molecule has 2 aromatic rings. The van der Waals surface area contributed by atoms with Crippen molar-refractivity contribution in [2.24, 2.45) is 0 Å². The Kier molecular flexibility index (Phi) is 5.59. The fourth-order valence-electron chi connectivity index (χ4n) is 4.11. The van der Waals surface area contributed by atoms with Crippen LogP contribution < -0.4 is 5.32 Å². The minimum Gasteiger partial charge on any atom is -0.336 e. The van der Waals surface area contributed by atoms with Crippen LogP contribution in [0, 0.1) is 10.1 Å². The Balaban J connectivity index is 1.70. The quantitative estimate of drug-likeness (QED) is 0.621. The zero-order valence-corrected chi connectivity index (χ0v) is 16.6. The molecule has 9 nitrogen and oxygen atoms in total. The molecule has 2 aliphatic heterocycles. The predicted octanol–water partition coefficient (Wildman–Crippen LogP) is 1.64. The van der Waals surface area contributed by atoms with E-state index in [9.17, 15) is 14.9 Å². The Morgan fingerprint density at radius 2 is 1.79 bits per heavy atom. The van der Waals surface area contributed by atoms with E-state index in [-0.39, 0.29) is 17.5 Å². The van der Waals surface area contributed by atoms with Gasteiger partial charge in [-0.15, -0.1) is 0 Å². The van der Waals surface area contributed by atoms with Crippen molar-refractivity contribution in [1.29, 1.82) is 0 Å². The average Bonchev–Trinajstić information content (AvgIpc) is 3.19. The SMILES string of the molecule is CN1CCN(C(=O)c2cnn(-c3ccc([N+](=O)[O-])cc3)c2C2CCNCC2)CC1. The molecule has 0 bridgehead atoms. The number of amides is 1. The second-order valence-electron chi connectivity index (χ2n) is 7.75. The monoisotopic (exact) mass is 398 g/mol. The molecule has 1 amide bonds. The lowest BCUT2D eigenvalue weighted by Gasteiger charge is -2.33. The Morgan fingerprint density at radius 1 is 1.14 bits per heavy atom. The largest absolute Gasteiger partial charge is 0.336 e. The highest BCUT2D eigenvalue weighted by Gasteiger charge is 2.30. The summed E-state index contributed by atoms with van der Waals surface area (Å²) in [7, 11) is 2.06. The van der Waals surface area contributed by atoms with Gasteiger partial charge in [-0.05, 0) is 45.1 Å². The minimum absolute atomic E-state index is 0.0276. The predicted molar refractivity (Wildman–Crippen MR) is 108 cm³/mol. The molecule has 29 heavy (non-hydrogen) atoms. The summed E-state index contributed by atoms with van der Waals surface area (Å²) in [5, 5.41) is 18.9. The van der Waals surface area contributed by atoms with Crippen molar-refractivity contribution in [3.8, 4) is 5.69 Å². The molecule has 3 heterocycles. The lowest BCUT2D eigenvalue weighted by atomic mass is 9.91. The van der Waals surface area contributed by atoms with Gasteiger partial charge >= 0.3 is 0 Å². The zero-order valence-electron chi connectivity index (χ0n) is 16.6. The average molecular weight is 398 g/mol. The number of nitrogens with zero attached hydrogens (tertiary/aromatic N) is 5. The molecular formula is C20H26N6O3. The van der Waals surface area contributed by atoms with Crippen LogP contribution in [0.3, 0.4) is 0 Å². The number of hydrogen-bond donors (Lipinski definition) is 1. The number of nitro benzene ring substituents is 1. The standard InChI is InChI=1S/C20H26N6O3/c1-23-10-12-24(13-11-23)20(27)18-14-22-25(19(18)15-6-8-21-9-7-15)16-2-4-17(5-3-16)26(28)29/h2-5,14-15,21H,6-13H2,1H3. The van der Waals surface area contributed by atoms with E-state index < -0.39 is 4.92 Å². The highest BCUT2D eigenvalue weighted by molar-refractivity contribution is 5.95. The molecule has 9 heteroatoms. The Hall–Kier alpha value is -2.78. The van der Waals surface area contributed by atoms with Crippen LogP contribution in [-0.2, 0) is 0 Å². The normalized spacial score (nSPS) is 18.7. The first-order valence-corrected chi connectivity index (χ1v) is 10.1. The van der Waals surface area contributed by atoms with E-state index in [2.05, 4.69) is 22.4 Å². The van der Waals surface area contributed by atoms with Crippen LogP contribution in [0.1, 0.15) is 34.8 Å². The second kappa shape index (κ2) is 8.30. The van der Waals surface area contributed by atoms with Gasteiger partial charge in [0, 0.05) is 44.2 Å². The van der Waals surface area contributed by atoms with E-state index in [1.807, 2.05) is 4.90 Å². The number of carbonyl (C=O) groups is 1. The summed E-state index contributed by atoms with van der Waals surface area (Å²) in [6, 6.07) is 6.34. The first-order chi connectivity index (χ1) is 14.0. The van der Waals surface area contributed by atoms with E-state index in [1.165, 1.54) is 12.1 Å². The maximum Gasteiger partial charge on any atom is 0.269 e.